The molecule has 6 heteroatoms. The molecular formula is C12H12F3N3. The minimum Gasteiger partial charge on any atom is -0.397 e. The molecule has 0 atom stereocenters. The molecule has 2 aromatic rings. The molecule has 96 valence electrons. The van der Waals surface area contributed by atoms with Gasteiger partial charge in [0.1, 0.15) is 0 Å². The molecule has 0 unspecified atom stereocenters. The number of pyridine rings is 1. The van der Waals surface area contributed by atoms with Crippen molar-refractivity contribution in [2.75, 3.05) is 17.6 Å². The molecule has 18 heavy (non-hydrogen) atoms. The van der Waals surface area contributed by atoms with Crippen molar-refractivity contribution in [1.29, 1.82) is 0 Å². The van der Waals surface area contributed by atoms with Gasteiger partial charge in [0.05, 0.1) is 17.8 Å². The minimum atomic E-state index is -4.16. The van der Waals surface area contributed by atoms with Crippen LogP contribution in [0.15, 0.2) is 30.6 Å². The molecule has 0 saturated carbocycles. The molecular weight excluding hydrogens is 243 g/mol. The van der Waals surface area contributed by atoms with Gasteiger partial charge >= 0.3 is 6.18 Å². The van der Waals surface area contributed by atoms with Crippen molar-refractivity contribution < 1.29 is 13.2 Å². The second kappa shape index (κ2) is 4.72. The molecule has 0 bridgehead atoms. The van der Waals surface area contributed by atoms with Gasteiger partial charge in [-0.1, -0.05) is 6.07 Å². The summed E-state index contributed by atoms with van der Waals surface area (Å²) in [6, 6.07) is 5.17. The first-order valence-electron chi connectivity index (χ1n) is 5.40. The van der Waals surface area contributed by atoms with E-state index in [9.17, 15) is 13.2 Å². The molecule has 0 spiro atoms. The van der Waals surface area contributed by atoms with Crippen molar-refractivity contribution in [3.8, 4) is 0 Å². The molecule has 0 amide bonds. The van der Waals surface area contributed by atoms with Crippen LogP contribution in [0, 0.1) is 0 Å². The number of anilines is 2. The van der Waals surface area contributed by atoms with Crippen molar-refractivity contribution in [2.45, 2.75) is 12.6 Å². The van der Waals surface area contributed by atoms with Gasteiger partial charge in [-0.3, -0.25) is 4.98 Å². The lowest BCUT2D eigenvalue weighted by Crippen LogP contribution is -2.15. The van der Waals surface area contributed by atoms with Crippen LogP contribution in [0.5, 0.6) is 0 Å². The number of nitrogens with zero attached hydrogens (tertiary/aromatic N) is 1. The predicted molar refractivity (Wildman–Crippen MR) is 65.3 cm³/mol. The molecule has 1 heterocycles. The van der Waals surface area contributed by atoms with Gasteiger partial charge in [0.25, 0.3) is 0 Å². The Morgan fingerprint density at radius 3 is 2.72 bits per heavy atom. The summed E-state index contributed by atoms with van der Waals surface area (Å²) in [4.78, 5) is 3.95. The van der Waals surface area contributed by atoms with Gasteiger partial charge in [0.2, 0.25) is 0 Å². The molecule has 0 aliphatic heterocycles. The zero-order chi connectivity index (χ0) is 13.2. The quantitative estimate of drug-likeness (QED) is 0.828. The SMILES string of the molecule is Nc1c(NCCC(F)(F)F)ccc2cnccc12. The lowest BCUT2D eigenvalue weighted by molar-refractivity contribution is -0.131. The van der Waals surface area contributed by atoms with Gasteiger partial charge in [-0.05, 0) is 12.1 Å². The first kappa shape index (κ1) is 12.5. The lowest BCUT2D eigenvalue weighted by Gasteiger charge is -2.12. The lowest BCUT2D eigenvalue weighted by atomic mass is 10.1. The first-order chi connectivity index (χ1) is 8.47. The fraction of sp³-hybridized carbons (Fsp3) is 0.250. The fourth-order valence-corrected chi connectivity index (χ4v) is 1.69. The number of benzene rings is 1. The topological polar surface area (TPSA) is 50.9 Å². The van der Waals surface area contributed by atoms with Gasteiger partial charge < -0.3 is 11.1 Å². The van der Waals surface area contributed by atoms with Crippen molar-refractivity contribution >= 4 is 22.1 Å². The largest absolute Gasteiger partial charge is 0.397 e. The van der Waals surface area contributed by atoms with Crippen molar-refractivity contribution in [3.05, 3.63) is 30.6 Å². The second-order valence-electron chi connectivity index (χ2n) is 3.92. The minimum absolute atomic E-state index is 0.190. The third-order valence-electron chi connectivity index (χ3n) is 2.59. The third-order valence-corrected chi connectivity index (χ3v) is 2.59. The molecule has 2 rings (SSSR count). The molecule has 3 nitrogen and oxygen atoms in total. The van der Waals surface area contributed by atoms with E-state index in [0.717, 1.165) is 10.8 Å². The van der Waals surface area contributed by atoms with E-state index in [0.29, 0.717) is 11.4 Å². The number of nitrogen functional groups attached to an aromatic ring is 1. The zero-order valence-corrected chi connectivity index (χ0v) is 9.46. The predicted octanol–water partition coefficient (Wildman–Crippen LogP) is 3.18. The first-order valence-corrected chi connectivity index (χ1v) is 5.40. The highest BCUT2D eigenvalue weighted by atomic mass is 19.4. The Morgan fingerprint density at radius 1 is 1.22 bits per heavy atom. The Morgan fingerprint density at radius 2 is 2.00 bits per heavy atom. The molecule has 0 saturated heterocycles. The molecule has 0 aliphatic carbocycles. The van der Waals surface area contributed by atoms with Gasteiger partial charge in [0.15, 0.2) is 0 Å². The van der Waals surface area contributed by atoms with Gasteiger partial charge in [0, 0.05) is 29.7 Å². The Hall–Kier alpha value is -1.98. The Balaban J connectivity index is 2.17. The summed E-state index contributed by atoms with van der Waals surface area (Å²) in [7, 11) is 0. The maximum atomic E-state index is 12.0. The Labute approximate surface area is 102 Å². The molecule has 3 N–H and O–H groups in total. The highest BCUT2D eigenvalue weighted by Gasteiger charge is 2.26. The van der Waals surface area contributed by atoms with E-state index in [-0.39, 0.29) is 6.54 Å². The van der Waals surface area contributed by atoms with E-state index in [2.05, 4.69) is 10.3 Å². The molecule has 0 aliphatic rings. The fourth-order valence-electron chi connectivity index (χ4n) is 1.69. The number of fused-ring (bicyclic) bond motifs is 1. The average Bonchev–Trinajstić information content (AvgIpc) is 2.31. The van der Waals surface area contributed by atoms with Gasteiger partial charge in [-0.2, -0.15) is 13.2 Å². The van der Waals surface area contributed by atoms with Crippen molar-refractivity contribution in [1.82, 2.24) is 4.98 Å². The van der Waals surface area contributed by atoms with Crippen LogP contribution >= 0.6 is 0 Å². The van der Waals surface area contributed by atoms with Crippen LogP contribution in [-0.4, -0.2) is 17.7 Å². The van der Waals surface area contributed by atoms with Crippen LogP contribution in [0.3, 0.4) is 0 Å². The second-order valence-corrected chi connectivity index (χ2v) is 3.92. The van der Waals surface area contributed by atoms with Crippen LogP contribution < -0.4 is 11.1 Å². The Bertz CT molecular complexity index is 552. The normalized spacial score (nSPS) is 11.7. The number of nitrogens with two attached hydrogens (primary N) is 1. The van der Waals surface area contributed by atoms with Crippen molar-refractivity contribution in [3.63, 3.8) is 0 Å². The molecule has 1 aromatic heterocycles. The van der Waals surface area contributed by atoms with E-state index in [1.165, 1.54) is 0 Å². The number of alkyl halides is 3. The van der Waals surface area contributed by atoms with E-state index in [1.807, 2.05) is 0 Å². The number of hydrogen-bond donors (Lipinski definition) is 2. The molecule has 1 aromatic carbocycles. The summed E-state index contributed by atoms with van der Waals surface area (Å²) < 4.78 is 36.1. The highest BCUT2D eigenvalue weighted by molar-refractivity contribution is 5.98. The summed E-state index contributed by atoms with van der Waals surface area (Å²) >= 11 is 0. The van der Waals surface area contributed by atoms with E-state index in [4.69, 9.17) is 5.73 Å². The summed E-state index contributed by atoms with van der Waals surface area (Å²) in [6.45, 7) is -0.190. The van der Waals surface area contributed by atoms with Crippen LogP contribution in [0.1, 0.15) is 6.42 Å². The number of halogens is 3. The third kappa shape index (κ3) is 2.82. The standard InChI is InChI=1S/C12H12F3N3/c13-12(14,15)4-6-18-10-2-1-8-7-17-5-3-9(8)11(10)16/h1-3,5,7,18H,4,6,16H2. The van der Waals surface area contributed by atoms with Crippen LogP contribution in [0.4, 0.5) is 24.5 Å². The van der Waals surface area contributed by atoms with Crippen molar-refractivity contribution in [2.24, 2.45) is 0 Å². The van der Waals surface area contributed by atoms with Crippen LogP contribution in [0.2, 0.25) is 0 Å². The monoisotopic (exact) mass is 255 g/mol. The summed E-state index contributed by atoms with van der Waals surface area (Å²) in [5.74, 6) is 0. The maximum Gasteiger partial charge on any atom is 0.390 e. The smallest absolute Gasteiger partial charge is 0.390 e. The highest BCUT2D eigenvalue weighted by Crippen LogP contribution is 2.28. The van der Waals surface area contributed by atoms with E-state index < -0.39 is 12.6 Å². The van der Waals surface area contributed by atoms with Crippen LogP contribution in [-0.2, 0) is 0 Å². The maximum absolute atomic E-state index is 12.0. The molecule has 0 fully saturated rings. The number of rotatable bonds is 3. The molecule has 0 radical (unpaired) electrons. The Kier molecular flexibility index (Phi) is 3.27. The van der Waals surface area contributed by atoms with Gasteiger partial charge in [-0.25, -0.2) is 0 Å². The number of hydrogen-bond acceptors (Lipinski definition) is 3. The average molecular weight is 255 g/mol. The van der Waals surface area contributed by atoms with E-state index >= 15 is 0 Å². The van der Waals surface area contributed by atoms with E-state index in [1.54, 1.807) is 30.6 Å². The summed E-state index contributed by atoms with van der Waals surface area (Å²) in [5, 5.41) is 4.33. The summed E-state index contributed by atoms with van der Waals surface area (Å²) in [6.07, 6.45) is -1.80. The number of nitrogens with one attached hydrogen (secondary N) is 1. The van der Waals surface area contributed by atoms with Gasteiger partial charge in [-0.15, -0.1) is 0 Å². The summed E-state index contributed by atoms with van der Waals surface area (Å²) in [5.41, 5.74) is 6.85. The number of aromatic nitrogens is 1. The van der Waals surface area contributed by atoms with Crippen LogP contribution in [0.25, 0.3) is 10.8 Å². The zero-order valence-electron chi connectivity index (χ0n) is 9.46.